The predicted molar refractivity (Wildman–Crippen MR) is 104 cm³/mol. The van der Waals surface area contributed by atoms with Gasteiger partial charge in [-0.25, -0.2) is 4.98 Å². The molecular formula is C21H22N4O2. The number of carbonyl (C=O) groups is 1. The van der Waals surface area contributed by atoms with Crippen LogP contribution in [0.3, 0.4) is 0 Å². The number of rotatable bonds is 5. The minimum absolute atomic E-state index is 0.0243. The van der Waals surface area contributed by atoms with Gasteiger partial charge in [0.15, 0.2) is 0 Å². The fourth-order valence-corrected chi connectivity index (χ4v) is 3.12. The standard InChI is InChI=1S/C21H22N4O2/c1-4-18(16-9-6-10-22-12-16)25(3)21(27)17-13-23-19(24-20(17)26)15-8-5-7-14(2)11-15/h5-13,18H,4H2,1-3H3,(H,23,24,26)/t18-/m1/s1. The van der Waals surface area contributed by atoms with Crippen LogP contribution in [0, 0.1) is 6.92 Å². The Hall–Kier alpha value is -3.28. The molecule has 1 aromatic carbocycles. The van der Waals surface area contributed by atoms with Gasteiger partial charge in [0.05, 0.1) is 6.04 Å². The molecule has 0 radical (unpaired) electrons. The first-order valence-corrected chi connectivity index (χ1v) is 8.84. The van der Waals surface area contributed by atoms with Crippen molar-refractivity contribution in [3.05, 3.63) is 82.0 Å². The molecule has 0 aliphatic rings. The number of hydrogen-bond acceptors (Lipinski definition) is 4. The summed E-state index contributed by atoms with van der Waals surface area (Å²) in [5, 5.41) is 0. The maximum atomic E-state index is 12.9. The van der Waals surface area contributed by atoms with Gasteiger partial charge in [-0.05, 0) is 31.0 Å². The number of aromatic nitrogens is 3. The zero-order valence-electron chi connectivity index (χ0n) is 15.6. The normalized spacial score (nSPS) is 11.8. The van der Waals surface area contributed by atoms with E-state index in [1.165, 1.54) is 6.20 Å². The van der Waals surface area contributed by atoms with Crippen molar-refractivity contribution in [2.45, 2.75) is 26.3 Å². The van der Waals surface area contributed by atoms with Crippen molar-refractivity contribution in [3.63, 3.8) is 0 Å². The number of carbonyl (C=O) groups excluding carboxylic acids is 1. The van der Waals surface area contributed by atoms with Gasteiger partial charge in [-0.1, -0.05) is 36.8 Å². The second-order valence-electron chi connectivity index (χ2n) is 6.47. The van der Waals surface area contributed by atoms with E-state index in [0.29, 0.717) is 12.2 Å². The molecule has 0 spiro atoms. The molecule has 3 aromatic rings. The van der Waals surface area contributed by atoms with Gasteiger partial charge < -0.3 is 9.88 Å². The average molecular weight is 362 g/mol. The van der Waals surface area contributed by atoms with Crippen LogP contribution in [0.15, 0.2) is 59.8 Å². The molecule has 138 valence electrons. The molecule has 0 unspecified atom stereocenters. The number of hydrogen-bond donors (Lipinski definition) is 1. The highest BCUT2D eigenvalue weighted by Gasteiger charge is 2.24. The van der Waals surface area contributed by atoms with Crippen LogP contribution >= 0.6 is 0 Å². The lowest BCUT2D eigenvalue weighted by Crippen LogP contribution is -2.35. The van der Waals surface area contributed by atoms with Crippen LogP contribution in [0.4, 0.5) is 0 Å². The third-order valence-electron chi connectivity index (χ3n) is 4.56. The van der Waals surface area contributed by atoms with E-state index in [4.69, 9.17) is 0 Å². The van der Waals surface area contributed by atoms with E-state index in [1.807, 2.05) is 50.2 Å². The predicted octanol–water partition coefficient (Wildman–Crippen LogP) is 3.36. The molecule has 0 saturated carbocycles. The number of aromatic amines is 1. The van der Waals surface area contributed by atoms with Gasteiger partial charge in [0.1, 0.15) is 11.4 Å². The lowest BCUT2D eigenvalue weighted by molar-refractivity contribution is 0.0723. The van der Waals surface area contributed by atoms with Gasteiger partial charge in [-0.2, -0.15) is 0 Å². The van der Waals surface area contributed by atoms with E-state index in [1.54, 1.807) is 24.3 Å². The van der Waals surface area contributed by atoms with Crippen molar-refractivity contribution in [3.8, 4) is 11.4 Å². The summed E-state index contributed by atoms with van der Waals surface area (Å²) < 4.78 is 0. The van der Waals surface area contributed by atoms with Crippen molar-refractivity contribution >= 4 is 5.91 Å². The summed E-state index contributed by atoms with van der Waals surface area (Å²) in [6, 6.07) is 11.3. The maximum Gasteiger partial charge on any atom is 0.264 e. The Morgan fingerprint density at radius 3 is 2.67 bits per heavy atom. The average Bonchev–Trinajstić information content (AvgIpc) is 2.68. The van der Waals surface area contributed by atoms with Crippen LogP contribution < -0.4 is 5.56 Å². The minimum Gasteiger partial charge on any atom is -0.334 e. The minimum atomic E-state index is -0.445. The van der Waals surface area contributed by atoms with Crippen molar-refractivity contribution < 1.29 is 4.79 Å². The fourth-order valence-electron chi connectivity index (χ4n) is 3.12. The van der Waals surface area contributed by atoms with E-state index >= 15 is 0 Å². The second-order valence-corrected chi connectivity index (χ2v) is 6.47. The van der Waals surface area contributed by atoms with E-state index in [2.05, 4.69) is 15.0 Å². The summed E-state index contributed by atoms with van der Waals surface area (Å²) in [6.07, 6.45) is 5.49. The van der Waals surface area contributed by atoms with Crippen molar-refractivity contribution in [2.75, 3.05) is 7.05 Å². The van der Waals surface area contributed by atoms with Crippen LogP contribution in [0.5, 0.6) is 0 Å². The molecular weight excluding hydrogens is 340 g/mol. The van der Waals surface area contributed by atoms with Gasteiger partial charge in [-0.15, -0.1) is 0 Å². The number of amides is 1. The highest BCUT2D eigenvalue weighted by molar-refractivity contribution is 5.93. The van der Waals surface area contributed by atoms with Gasteiger partial charge in [0.2, 0.25) is 0 Å². The molecule has 2 aromatic heterocycles. The molecule has 3 rings (SSSR count). The Morgan fingerprint density at radius 1 is 1.22 bits per heavy atom. The summed E-state index contributed by atoms with van der Waals surface area (Å²) in [4.78, 5) is 38.1. The van der Waals surface area contributed by atoms with Crippen LogP contribution in [-0.4, -0.2) is 32.8 Å². The largest absolute Gasteiger partial charge is 0.334 e. The van der Waals surface area contributed by atoms with E-state index in [9.17, 15) is 9.59 Å². The Kier molecular flexibility index (Phi) is 5.45. The smallest absolute Gasteiger partial charge is 0.264 e. The Labute approximate surface area is 157 Å². The summed E-state index contributed by atoms with van der Waals surface area (Å²) >= 11 is 0. The van der Waals surface area contributed by atoms with Crippen molar-refractivity contribution in [1.29, 1.82) is 0 Å². The topological polar surface area (TPSA) is 79.0 Å². The quantitative estimate of drug-likeness (QED) is 0.755. The lowest BCUT2D eigenvalue weighted by atomic mass is 10.0. The zero-order chi connectivity index (χ0) is 19.4. The zero-order valence-corrected chi connectivity index (χ0v) is 15.6. The molecule has 27 heavy (non-hydrogen) atoms. The van der Waals surface area contributed by atoms with E-state index < -0.39 is 5.56 Å². The Morgan fingerprint density at radius 2 is 2.04 bits per heavy atom. The SMILES string of the molecule is CC[C@H](c1cccnc1)N(C)C(=O)c1cnc(-c2cccc(C)c2)[nH]c1=O. The molecule has 6 nitrogen and oxygen atoms in total. The molecule has 6 heteroatoms. The molecule has 1 amide bonds. The number of aryl methyl sites for hydroxylation is 1. The molecule has 0 saturated heterocycles. The Bertz CT molecular complexity index is 998. The van der Waals surface area contributed by atoms with Gasteiger partial charge in [-0.3, -0.25) is 14.6 Å². The second kappa shape index (κ2) is 7.95. The number of nitrogens with one attached hydrogen (secondary N) is 1. The van der Waals surface area contributed by atoms with Gasteiger partial charge in [0, 0.05) is 31.2 Å². The monoisotopic (exact) mass is 362 g/mol. The van der Waals surface area contributed by atoms with Crippen LogP contribution in [0.2, 0.25) is 0 Å². The van der Waals surface area contributed by atoms with Crippen LogP contribution in [-0.2, 0) is 0 Å². The van der Waals surface area contributed by atoms with Crippen molar-refractivity contribution in [2.24, 2.45) is 0 Å². The number of nitrogens with zero attached hydrogens (tertiary/aromatic N) is 3. The third kappa shape index (κ3) is 3.95. The van der Waals surface area contributed by atoms with Gasteiger partial charge in [0.25, 0.3) is 11.5 Å². The van der Waals surface area contributed by atoms with Crippen LogP contribution in [0.25, 0.3) is 11.4 Å². The Balaban J connectivity index is 1.89. The fraction of sp³-hybridized carbons (Fsp3) is 0.238. The highest BCUT2D eigenvalue weighted by Crippen LogP contribution is 2.23. The number of pyridine rings is 1. The molecule has 0 aliphatic heterocycles. The third-order valence-corrected chi connectivity index (χ3v) is 4.56. The number of benzene rings is 1. The van der Waals surface area contributed by atoms with E-state index in [0.717, 1.165) is 16.7 Å². The molecule has 1 N–H and O–H groups in total. The first kappa shape index (κ1) is 18.5. The molecule has 0 aliphatic carbocycles. The highest BCUT2D eigenvalue weighted by atomic mass is 16.2. The maximum absolute atomic E-state index is 12.9. The first-order chi connectivity index (χ1) is 13.0. The summed E-state index contributed by atoms with van der Waals surface area (Å²) in [7, 11) is 1.69. The van der Waals surface area contributed by atoms with Crippen LogP contribution in [0.1, 0.15) is 40.9 Å². The van der Waals surface area contributed by atoms with E-state index in [-0.39, 0.29) is 17.5 Å². The summed E-state index contributed by atoms with van der Waals surface area (Å²) in [5.41, 5.74) is 2.38. The van der Waals surface area contributed by atoms with Gasteiger partial charge >= 0.3 is 0 Å². The van der Waals surface area contributed by atoms with Crippen molar-refractivity contribution in [1.82, 2.24) is 19.9 Å². The molecule has 0 bridgehead atoms. The summed E-state index contributed by atoms with van der Waals surface area (Å²) in [5.74, 6) is 0.0810. The molecule has 1 atom stereocenters. The summed E-state index contributed by atoms with van der Waals surface area (Å²) in [6.45, 7) is 3.96. The molecule has 0 fully saturated rings. The molecule has 2 heterocycles. The lowest BCUT2D eigenvalue weighted by Gasteiger charge is -2.27. The number of H-pyrrole nitrogens is 1. The first-order valence-electron chi connectivity index (χ1n) is 8.84.